The number of aromatic nitrogens is 1. The second-order valence-corrected chi connectivity index (χ2v) is 5.82. The van der Waals surface area contributed by atoms with Crippen LogP contribution in [-0.2, 0) is 17.9 Å². The average molecular weight is 324 g/mol. The first-order chi connectivity index (χ1) is 10.1. The summed E-state index contributed by atoms with van der Waals surface area (Å²) in [5, 5.41) is 6.80. The van der Waals surface area contributed by atoms with Crippen LogP contribution in [0.3, 0.4) is 0 Å². The van der Waals surface area contributed by atoms with E-state index in [2.05, 4.69) is 10.3 Å². The summed E-state index contributed by atoms with van der Waals surface area (Å²) in [5.74, 6) is 0.0161. The Morgan fingerprint density at radius 3 is 2.81 bits per heavy atom. The second kappa shape index (κ2) is 7.54. The molecule has 2 rings (SSSR count). The predicted octanol–water partition coefficient (Wildman–Crippen LogP) is 3.46. The van der Waals surface area contributed by atoms with Crippen LogP contribution < -0.4 is 10.2 Å². The van der Waals surface area contributed by atoms with Crippen LogP contribution in [-0.4, -0.2) is 17.4 Å². The summed E-state index contributed by atoms with van der Waals surface area (Å²) >= 11 is 7.60. The summed E-state index contributed by atoms with van der Waals surface area (Å²) in [6, 6.07) is 7.76. The molecule has 1 heterocycles. The Bertz CT molecular complexity index is 614. The first-order valence-electron chi connectivity index (χ1n) is 6.78. The predicted molar refractivity (Wildman–Crippen MR) is 87.8 cm³/mol. The molecule has 1 aromatic carbocycles. The molecule has 0 unspecified atom stereocenters. The van der Waals surface area contributed by atoms with Gasteiger partial charge in [-0.2, -0.15) is 0 Å². The van der Waals surface area contributed by atoms with E-state index >= 15 is 0 Å². The number of nitrogens with one attached hydrogen (secondary N) is 1. The van der Waals surface area contributed by atoms with E-state index in [-0.39, 0.29) is 5.91 Å². The van der Waals surface area contributed by atoms with E-state index in [1.165, 1.54) is 11.3 Å². The van der Waals surface area contributed by atoms with Gasteiger partial charge in [0.25, 0.3) is 0 Å². The molecule has 1 amide bonds. The van der Waals surface area contributed by atoms with Gasteiger partial charge >= 0.3 is 0 Å². The molecule has 112 valence electrons. The van der Waals surface area contributed by atoms with Crippen LogP contribution in [0.2, 0.25) is 5.02 Å². The van der Waals surface area contributed by atoms with E-state index in [1.54, 1.807) is 11.8 Å². The van der Waals surface area contributed by atoms with Gasteiger partial charge in [0.05, 0.1) is 5.69 Å². The number of hydrogen-bond donors (Lipinski definition) is 1. The molecular weight excluding hydrogens is 306 g/mol. The summed E-state index contributed by atoms with van der Waals surface area (Å²) in [6.45, 7) is 5.47. The molecule has 0 radical (unpaired) electrons. The molecule has 0 saturated carbocycles. The fraction of sp³-hybridized carbons (Fsp3) is 0.333. The van der Waals surface area contributed by atoms with Crippen molar-refractivity contribution in [3.63, 3.8) is 0 Å². The maximum Gasteiger partial charge on any atom is 0.225 e. The smallest absolute Gasteiger partial charge is 0.225 e. The van der Waals surface area contributed by atoms with Gasteiger partial charge < -0.3 is 5.32 Å². The van der Waals surface area contributed by atoms with Crippen LogP contribution in [0.1, 0.15) is 25.1 Å². The Morgan fingerprint density at radius 1 is 1.38 bits per heavy atom. The third-order valence-electron chi connectivity index (χ3n) is 3.05. The summed E-state index contributed by atoms with van der Waals surface area (Å²) in [6.07, 6.45) is 0. The number of anilines is 1. The zero-order valence-corrected chi connectivity index (χ0v) is 13.7. The van der Waals surface area contributed by atoms with E-state index in [4.69, 9.17) is 11.6 Å². The van der Waals surface area contributed by atoms with Crippen LogP contribution in [0.25, 0.3) is 0 Å². The second-order valence-electron chi connectivity index (χ2n) is 4.58. The van der Waals surface area contributed by atoms with Gasteiger partial charge in [-0.3, -0.25) is 9.69 Å². The van der Waals surface area contributed by atoms with Gasteiger partial charge in [0, 0.05) is 37.0 Å². The summed E-state index contributed by atoms with van der Waals surface area (Å²) in [4.78, 5) is 17.6. The highest BCUT2D eigenvalue weighted by Crippen LogP contribution is 2.21. The number of rotatable bonds is 6. The minimum Gasteiger partial charge on any atom is -0.307 e. The maximum atomic E-state index is 11.5. The molecule has 2 aromatic rings. The Labute approximate surface area is 133 Å². The first kappa shape index (κ1) is 15.9. The molecule has 0 saturated heterocycles. The van der Waals surface area contributed by atoms with Crippen molar-refractivity contribution >= 4 is 34.0 Å². The Kier molecular flexibility index (Phi) is 5.73. The van der Waals surface area contributed by atoms with E-state index in [9.17, 15) is 4.79 Å². The van der Waals surface area contributed by atoms with Gasteiger partial charge in [-0.15, -0.1) is 11.3 Å². The van der Waals surface area contributed by atoms with Gasteiger partial charge in [-0.1, -0.05) is 29.8 Å². The highest BCUT2D eigenvalue weighted by molar-refractivity contribution is 7.14. The molecule has 0 atom stereocenters. The van der Waals surface area contributed by atoms with Crippen molar-refractivity contribution in [2.75, 3.05) is 11.4 Å². The van der Waals surface area contributed by atoms with Crippen molar-refractivity contribution in [2.45, 2.75) is 26.9 Å². The monoisotopic (exact) mass is 323 g/mol. The third-order valence-corrected chi connectivity index (χ3v) is 4.33. The lowest BCUT2D eigenvalue weighted by atomic mass is 10.2. The van der Waals surface area contributed by atoms with E-state index in [1.807, 2.05) is 36.6 Å². The summed E-state index contributed by atoms with van der Waals surface area (Å²) in [7, 11) is 0. The van der Waals surface area contributed by atoms with Gasteiger partial charge in [-0.25, -0.2) is 4.98 Å². The molecule has 4 nitrogen and oxygen atoms in total. The fourth-order valence-electron chi connectivity index (χ4n) is 1.96. The van der Waals surface area contributed by atoms with E-state index in [0.717, 1.165) is 21.4 Å². The summed E-state index contributed by atoms with van der Waals surface area (Å²) in [5.41, 5.74) is 2.00. The standard InChI is InChI=1S/C15H18ClN3OS/c1-3-19(11(2)20)15-18-13(10-21-15)9-17-8-12-6-4-5-7-14(12)16/h4-7,10,17H,3,8-9H2,1-2H3. The Morgan fingerprint density at radius 2 is 2.14 bits per heavy atom. The molecule has 0 aliphatic heterocycles. The number of carbonyl (C=O) groups excluding carboxylic acids is 1. The van der Waals surface area contributed by atoms with Crippen molar-refractivity contribution in [1.82, 2.24) is 10.3 Å². The highest BCUT2D eigenvalue weighted by atomic mass is 35.5. The molecular formula is C15H18ClN3OS. The fourth-order valence-corrected chi connectivity index (χ4v) is 3.10. The number of amides is 1. The quantitative estimate of drug-likeness (QED) is 0.885. The Hall–Kier alpha value is -1.43. The highest BCUT2D eigenvalue weighted by Gasteiger charge is 2.13. The molecule has 21 heavy (non-hydrogen) atoms. The molecule has 1 N–H and O–H groups in total. The lowest BCUT2D eigenvalue weighted by Crippen LogP contribution is -2.27. The van der Waals surface area contributed by atoms with Crippen LogP contribution in [0, 0.1) is 0 Å². The number of benzene rings is 1. The molecule has 0 bridgehead atoms. The van der Waals surface area contributed by atoms with Crippen molar-refractivity contribution in [2.24, 2.45) is 0 Å². The van der Waals surface area contributed by atoms with Gasteiger partial charge in [0.2, 0.25) is 5.91 Å². The van der Waals surface area contributed by atoms with Crippen LogP contribution in [0.5, 0.6) is 0 Å². The number of nitrogens with zero attached hydrogens (tertiary/aromatic N) is 2. The van der Waals surface area contributed by atoms with E-state index in [0.29, 0.717) is 19.6 Å². The molecule has 0 spiro atoms. The minimum atomic E-state index is 0.0161. The van der Waals surface area contributed by atoms with Crippen LogP contribution in [0.4, 0.5) is 5.13 Å². The van der Waals surface area contributed by atoms with Gasteiger partial charge in [0.1, 0.15) is 0 Å². The lowest BCUT2D eigenvalue weighted by Gasteiger charge is -2.14. The van der Waals surface area contributed by atoms with Crippen molar-refractivity contribution < 1.29 is 4.79 Å². The van der Waals surface area contributed by atoms with Crippen LogP contribution in [0.15, 0.2) is 29.6 Å². The molecule has 0 aliphatic rings. The zero-order valence-electron chi connectivity index (χ0n) is 12.1. The maximum absolute atomic E-state index is 11.5. The third kappa shape index (κ3) is 4.27. The number of thiazole rings is 1. The SMILES string of the molecule is CCN(C(C)=O)c1nc(CNCc2ccccc2Cl)cs1. The summed E-state index contributed by atoms with van der Waals surface area (Å²) < 4.78 is 0. The molecule has 0 aliphatic carbocycles. The number of halogens is 1. The molecule has 6 heteroatoms. The number of carbonyl (C=O) groups is 1. The Balaban J connectivity index is 1.91. The average Bonchev–Trinajstić information content (AvgIpc) is 2.90. The minimum absolute atomic E-state index is 0.0161. The van der Waals surface area contributed by atoms with Gasteiger partial charge in [0.15, 0.2) is 5.13 Å². The van der Waals surface area contributed by atoms with Crippen molar-refractivity contribution in [3.05, 3.63) is 45.9 Å². The topological polar surface area (TPSA) is 45.2 Å². The lowest BCUT2D eigenvalue weighted by molar-refractivity contribution is -0.116. The van der Waals surface area contributed by atoms with Crippen LogP contribution >= 0.6 is 22.9 Å². The molecule has 0 fully saturated rings. The van der Waals surface area contributed by atoms with Crippen molar-refractivity contribution in [3.8, 4) is 0 Å². The van der Waals surface area contributed by atoms with Crippen molar-refractivity contribution in [1.29, 1.82) is 0 Å². The zero-order chi connectivity index (χ0) is 15.2. The molecule has 1 aromatic heterocycles. The van der Waals surface area contributed by atoms with Gasteiger partial charge in [-0.05, 0) is 18.6 Å². The largest absolute Gasteiger partial charge is 0.307 e. The first-order valence-corrected chi connectivity index (χ1v) is 8.04. The van der Waals surface area contributed by atoms with E-state index < -0.39 is 0 Å². The number of hydrogen-bond acceptors (Lipinski definition) is 4. The normalized spacial score (nSPS) is 10.6.